The number of hydrogen-bond donors (Lipinski definition) is 0. The standard InChI is InChI=1S/C28H21Cl4N3O16/c1-8(36)47-7-14-23(48-9(2)37)24(49-10(3)38)21(33-25(39)15-16(26(33)40)18(30)20(32)19(31)17(15)29)28(50-14)51-22-12(27(41)46-4)5-11(34(42)43)6-13(22)35(44)45/h5-6,14,21,23-24,28H,7H2,1-4H3/t14-,21-,23-,24-,28+/m1/s1. The maximum absolute atomic E-state index is 14.1. The number of carbonyl (C=O) groups excluding carboxylic acids is 6. The first kappa shape index (κ1) is 39.0. The van der Waals surface area contributed by atoms with E-state index in [4.69, 9.17) is 70.1 Å². The van der Waals surface area contributed by atoms with Crippen molar-refractivity contribution in [2.24, 2.45) is 0 Å². The molecule has 2 aliphatic heterocycles. The second kappa shape index (κ2) is 15.2. The molecule has 2 aliphatic rings. The number of amides is 2. The van der Waals surface area contributed by atoms with Gasteiger partial charge < -0.3 is 28.4 Å². The first-order valence-electron chi connectivity index (χ1n) is 13.9. The molecule has 51 heavy (non-hydrogen) atoms. The van der Waals surface area contributed by atoms with Crippen molar-refractivity contribution in [3.05, 3.63) is 69.1 Å². The van der Waals surface area contributed by atoms with Gasteiger partial charge in [-0.3, -0.25) is 49.1 Å². The number of hydrogen-bond acceptors (Lipinski definition) is 16. The van der Waals surface area contributed by atoms with Gasteiger partial charge in [0.05, 0.1) is 54.2 Å². The largest absolute Gasteiger partial charge is 0.465 e. The van der Waals surface area contributed by atoms with Crippen molar-refractivity contribution >= 4 is 93.5 Å². The molecule has 4 rings (SSSR count). The molecule has 19 nitrogen and oxygen atoms in total. The van der Waals surface area contributed by atoms with Crippen molar-refractivity contribution in [3.8, 4) is 5.75 Å². The summed E-state index contributed by atoms with van der Waals surface area (Å²) < 4.78 is 32.3. The highest BCUT2D eigenvalue weighted by Crippen LogP contribution is 2.47. The summed E-state index contributed by atoms with van der Waals surface area (Å²) in [6, 6.07) is -1.14. The SMILES string of the molecule is COC(=O)c1cc([N+](=O)[O-])cc([N+](=O)[O-])c1O[C@@H]1O[C@H](COC(C)=O)[C@@H](OC(C)=O)[C@H](OC(C)=O)[C@H]1N1C(=O)c2c(Cl)c(Cl)c(Cl)c(Cl)c2C1=O. The average molecular weight is 797 g/mol. The second-order valence-corrected chi connectivity index (χ2v) is 11.9. The molecule has 0 aromatic heterocycles. The minimum Gasteiger partial charge on any atom is -0.465 e. The van der Waals surface area contributed by atoms with E-state index in [1.54, 1.807) is 0 Å². The van der Waals surface area contributed by atoms with Gasteiger partial charge in [0.25, 0.3) is 17.5 Å². The van der Waals surface area contributed by atoms with Crippen LogP contribution in [-0.2, 0) is 38.1 Å². The van der Waals surface area contributed by atoms with Crippen LogP contribution in [0.25, 0.3) is 0 Å². The van der Waals surface area contributed by atoms with E-state index in [0.29, 0.717) is 17.0 Å². The number of fused-ring (bicyclic) bond motifs is 1. The lowest BCUT2D eigenvalue weighted by molar-refractivity contribution is -0.395. The molecule has 2 amide bonds. The number of non-ortho nitro benzene ring substituents is 1. The topological polar surface area (TPSA) is 247 Å². The Labute approximate surface area is 304 Å². The number of halogens is 4. The van der Waals surface area contributed by atoms with Gasteiger partial charge in [-0.25, -0.2) is 4.79 Å². The van der Waals surface area contributed by atoms with E-state index in [1.165, 1.54) is 0 Å². The van der Waals surface area contributed by atoms with Gasteiger partial charge >= 0.3 is 29.6 Å². The summed E-state index contributed by atoms with van der Waals surface area (Å²) in [4.78, 5) is 99.6. The van der Waals surface area contributed by atoms with E-state index < -0.39 is 137 Å². The second-order valence-electron chi connectivity index (χ2n) is 10.4. The summed E-state index contributed by atoms with van der Waals surface area (Å²) in [5, 5.41) is 21.9. The number of benzene rings is 2. The number of imide groups is 1. The number of nitro benzene ring substituents is 2. The van der Waals surface area contributed by atoms with Crippen LogP contribution in [-0.4, -0.2) is 94.8 Å². The third-order valence-electron chi connectivity index (χ3n) is 7.20. The lowest BCUT2D eigenvalue weighted by atomic mass is 9.94. The van der Waals surface area contributed by atoms with Crippen molar-refractivity contribution in [3.63, 3.8) is 0 Å². The molecule has 23 heteroatoms. The molecule has 272 valence electrons. The van der Waals surface area contributed by atoms with Gasteiger partial charge in [-0.1, -0.05) is 46.4 Å². The summed E-state index contributed by atoms with van der Waals surface area (Å²) in [6.07, 6.45) is -7.79. The minimum atomic E-state index is -2.28. The van der Waals surface area contributed by atoms with Gasteiger partial charge in [-0.05, 0) is 0 Å². The first-order valence-corrected chi connectivity index (χ1v) is 15.4. The molecule has 0 radical (unpaired) electrons. The number of carbonyl (C=O) groups is 6. The van der Waals surface area contributed by atoms with Gasteiger partial charge in [0.2, 0.25) is 12.0 Å². The number of rotatable bonds is 10. The minimum absolute atomic E-state index is 0.348. The first-order chi connectivity index (χ1) is 23.8. The number of nitrogens with zero attached hydrogens (tertiary/aromatic N) is 3. The molecule has 2 aromatic carbocycles. The third kappa shape index (κ3) is 7.47. The predicted molar refractivity (Wildman–Crippen MR) is 169 cm³/mol. The van der Waals surface area contributed by atoms with E-state index in [9.17, 15) is 49.0 Å². The maximum Gasteiger partial charge on any atom is 0.342 e. The molecular formula is C28H21Cl4N3O16. The van der Waals surface area contributed by atoms with Crippen molar-refractivity contribution < 1.29 is 67.0 Å². The van der Waals surface area contributed by atoms with E-state index >= 15 is 0 Å². The molecule has 2 heterocycles. The van der Waals surface area contributed by atoms with Crippen LogP contribution < -0.4 is 4.74 Å². The van der Waals surface area contributed by atoms with Gasteiger partial charge in [0.1, 0.15) is 24.3 Å². The zero-order valence-electron chi connectivity index (χ0n) is 26.1. The van der Waals surface area contributed by atoms with Crippen LogP contribution in [0.4, 0.5) is 11.4 Å². The smallest absolute Gasteiger partial charge is 0.342 e. The van der Waals surface area contributed by atoms with Crippen LogP contribution >= 0.6 is 46.4 Å². The van der Waals surface area contributed by atoms with Crippen molar-refractivity contribution in [2.45, 2.75) is 51.4 Å². The van der Waals surface area contributed by atoms with Crippen LogP contribution in [0.5, 0.6) is 5.75 Å². The van der Waals surface area contributed by atoms with Crippen LogP contribution in [0, 0.1) is 20.2 Å². The van der Waals surface area contributed by atoms with Gasteiger partial charge in [0.15, 0.2) is 12.2 Å². The summed E-state index contributed by atoms with van der Waals surface area (Å²) >= 11 is 24.9. The Balaban J connectivity index is 2.04. The molecular weight excluding hydrogens is 776 g/mol. The molecule has 0 N–H and O–H groups in total. The Morgan fingerprint density at radius 3 is 1.80 bits per heavy atom. The van der Waals surface area contributed by atoms with Crippen molar-refractivity contribution in [1.29, 1.82) is 0 Å². The fourth-order valence-corrected chi connectivity index (χ4v) is 6.25. The molecule has 0 saturated carbocycles. The Hall–Kier alpha value is -4.82. The maximum atomic E-state index is 14.1. The summed E-state index contributed by atoms with van der Waals surface area (Å²) in [6.45, 7) is 2.03. The zero-order chi connectivity index (χ0) is 38.2. The van der Waals surface area contributed by atoms with Crippen molar-refractivity contribution in [2.75, 3.05) is 13.7 Å². The van der Waals surface area contributed by atoms with Crippen LogP contribution in [0.15, 0.2) is 12.1 Å². The molecule has 0 aliphatic carbocycles. The molecule has 1 saturated heterocycles. The van der Waals surface area contributed by atoms with E-state index in [-0.39, 0.29) is 0 Å². The summed E-state index contributed by atoms with van der Waals surface area (Å²) in [5.41, 5.74) is -4.25. The molecule has 2 aromatic rings. The molecule has 0 bridgehead atoms. The van der Waals surface area contributed by atoms with Gasteiger partial charge in [-0.15, -0.1) is 0 Å². The number of esters is 4. The van der Waals surface area contributed by atoms with Crippen LogP contribution in [0.2, 0.25) is 20.1 Å². The van der Waals surface area contributed by atoms with E-state index in [1.807, 2.05) is 0 Å². The Morgan fingerprint density at radius 2 is 1.35 bits per heavy atom. The van der Waals surface area contributed by atoms with E-state index in [0.717, 1.165) is 27.9 Å². The van der Waals surface area contributed by atoms with Crippen molar-refractivity contribution in [1.82, 2.24) is 4.90 Å². The predicted octanol–water partition coefficient (Wildman–Crippen LogP) is 4.10. The lowest BCUT2D eigenvalue weighted by Crippen LogP contribution is -2.68. The highest BCUT2D eigenvalue weighted by molar-refractivity contribution is 6.55. The highest BCUT2D eigenvalue weighted by atomic mass is 35.5. The third-order valence-corrected chi connectivity index (χ3v) is 9.00. The summed E-state index contributed by atoms with van der Waals surface area (Å²) in [5.74, 6) is -8.04. The van der Waals surface area contributed by atoms with Crippen LogP contribution in [0.1, 0.15) is 51.8 Å². The fourth-order valence-electron chi connectivity index (χ4n) is 5.23. The zero-order valence-corrected chi connectivity index (χ0v) is 29.2. The Morgan fingerprint density at radius 1 is 0.824 bits per heavy atom. The monoisotopic (exact) mass is 795 g/mol. The Bertz CT molecular complexity index is 1860. The molecule has 0 unspecified atom stereocenters. The average Bonchev–Trinajstić information content (AvgIpc) is 3.31. The van der Waals surface area contributed by atoms with Crippen LogP contribution in [0.3, 0.4) is 0 Å². The molecule has 5 atom stereocenters. The van der Waals surface area contributed by atoms with E-state index in [2.05, 4.69) is 4.74 Å². The Kier molecular flexibility index (Phi) is 11.6. The molecule has 1 fully saturated rings. The number of ether oxygens (including phenoxy) is 6. The lowest BCUT2D eigenvalue weighted by Gasteiger charge is -2.46. The van der Waals surface area contributed by atoms with Gasteiger partial charge in [-0.2, -0.15) is 0 Å². The fraction of sp³-hybridized carbons (Fsp3) is 0.357. The number of nitro groups is 2. The number of methoxy groups -OCH3 is 1. The summed E-state index contributed by atoms with van der Waals surface area (Å²) in [7, 11) is 0.842. The highest BCUT2D eigenvalue weighted by Gasteiger charge is 2.59. The molecule has 0 spiro atoms. The van der Waals surface area contributed by atoms with Gasteiger partial charge in [0, 0.05) is 26.8 Å². The quantitative estimate of drug-likeness (QED) is 0.0624. The normalized spacial score (nSPS) is 21.0.